The maximum Gasteiger partial charge on any atom is 0.322 e. The van der Waals surface area contributed by atoms with Gasteiger partial charge in [0.05, 0.1) is 7.11 Å². The van der Waals surface area contributed by atoms with Crippen LogP contribution in [0.4, 0.5) is 0 Å². The largest absolute Gasteiger partial charge is 0.468 e. The van der Waals surface area contributed by atoms with Gasteiger partial charge in [-0.3, -0.25) is 4.79 Å². The highest BCUT2D eigenvalue weighted by Gasteiger charge is 2.20. The first-order chi connectivity index (χ1) is 9.60. The monoisotopic (exact) mass is 279 g/mol. The van der Waals surface area contributed by atoms with Gasteiger partial charge in [-0.05, 0) is 30.0 Å². The maximum atomic E-state index is 11.7. The van der Waals surface area contributed by atoms with Crippen LogP contribution in [0.3, 0.4) is 0 Å². The van der Waals surface area contributed by atoms with Gasteiger partial charge in [0.2, 0.25) is 6.79 Å². The molecule has 2 rings (SSSR count). The van der Waals surface area contributed by atoms with E-state index in [4.69, 9.17) is 14.2 Å². The van der Waals surface area contributed by atoms with E-state index >= 15 is 0 Å². The predicted octanol–water partition coefficient (Wildman–Crippen LogP) is 2.09. The van der Waals surface area contributed by atoms with E-state index in [0.29, 0.717) is 12.5 Å². The SMILES string of the molecule is COC(=O)C(CC(C)C)NCc1ccc2c(c1)OCO2. The number of carbonyl (C=O) groups excluding carboxylic acids is 1. The van der Waals surface area contributed by atoms with Gasteiger partial charge >= 0.3 is 5.97 Å². The molecule has 0 amide bonds. The first-order valence-corrected chi connectivity index (χ1v) is 6.80. The number of esters is 1. The minimum absolute atomic E-state index is 0.223. The first-order valence-electron chi connectivity index (χ1n) is 6.80. The van der Waals surface area contributed by atoms with Crippen molar-refractivity contribution in [3.05, 3.63) is 23.8 Å². The Hall–Kier alpha value is -1.75. The lowest BCUT2D eigenvalue weighted by molar-refractivity contribution is -0.143. The van der Waals surface area contributed by atoms with Crippen LogP contribution in [0, 0.1) is 5.92 Å². The van der Waals surface area contributed by atoms with Crippen molar-refractivity contribution in [2.24, 2.45) is 5.92 Å². The van der Waals surface area contributed by atoms with E-state index in [9.17, 15) is 4.79 Å². The number of rotatable bonds is 6. The summed E-state index contributed by atoms with van der Waals surface area (Å²) in [5, 5.41) is 3.24. The molecule has 0 saturated carbocycles. The molecule has 0 radical (unpaired) electrons. The lowest BCUT2D eigenvalue weighted by Gasteiger charge is -2.18. The summed E-state index contributed by atoms with van der Waals surface area (Å²) in [7, 11) is 1.41. The normalized spacial score (nSPS) is 14.4. The summed E-state index contributed by atoms with van der Waals surface area (Å²) < 4.78 is 15.4. The molecule has 1 aromatic carbocycles. The molecule has 1 heterocycles. The van der Waals surface area contributed by atoms with E-state index in [1.807, 2.05) is 18.2 Å². The van der Waals surface area contributed by atoms with Crippen LogP contribution in [0.15, 0.2) is 18.2 Å². The maximum absolute atomic E-state index is 11.7. The highest BCUT2D eigenvalue weighted by molar-refractivity contribution is 5.75. The Bertz CT molecular complexity index is 473. The summed E-state index contributed by atoms with van der Waals surface area (Å²) in [6, 6.07) is 5.49. The summed E-state index contributed by atoms with van der Waals surface area (Å²) >= 11 is 0. The fourth-order valence-corrected chi connectivity index (χ4v) is 2.17. The highest BCUT2D eigenvalue weighted by atomic mass is 16.7. The summed E-state index contributed by atoms with van der Waals surface area (Å²) in [6.45, 7) is 5.02. The Balaban J connectivity index is 1.96. The van der Waals surface area contributed by atoms with Crippen molar-refractivity contribution in [1.82, 2.24) is 5.32 Å². The van der Waals surface area contributed by atoms with Crippen molar-refractivity contribution in [3.63, 3.8) is 0 Å². The van der Waals surface area contributed by atoms with E-state index in [0.717, 1.165) is 23.5 Å². The van der Waals surface area contributed by atoms with Crippen LogP contribution in [0.25, 0.3) is 0 Å². The zero-order valence-corrected chi connectivity index (χ0v) is 12.1. The van der Waals surface area contributed by atoms with Gasteiger partial charge in [-0.1, -0.05) is 19.9 Å². The van der Waals surface area contributed by atoms with Crippen molar-refractivity contribution >= 4 is 5.97 Å². The van der Waals surface area contributed by atoms with Crippen molar-refractivity contribution in [1.29, 1.82) is 0 Å². The van der Waals surface area contributed by atoms with Crippen LogP contribution in [0.1, 0.15) is 25.8 Å². The van der Waals surface area contributed by atoms with Gasteiger partial charge in [0.1, 0.15) is 6.04 Å². The number of carbonyl (C=O) groups is 1. The molecule has 5 nitrogen and oxygen atoms in total. The molecule has 0 saturated heterocycles. The van der Waals surface area contributed by atoms with Crippen molar-refractivity contribution in [2.45, 2.75) is 32.9 Å². The molecule has 1 atom stereocenters. The summed E-state index contributed by atoms with van der Waals surface area (Å²) in [5.41, 5.74) is 1.05. The number of methoxy groups -OCH3 is 1. The zero-order chi connectivity index (χ0) is 14.5. The van der Waals surface area contributed by atoms with E-state index < -0.39 is 0 Å². The topological polar surface area (TPSA) is 56.8 Å². The third-order valence-electron chi connectivity index (χ3n) is 3.18. The molecule has 0 aromatic heterocycles. The molecular formula is C15H21NO4. The number of ether oxygens (including phenoxy) is 3. The Kier molecular flexibility index (Phi) is 4.84. The molecule has 1 aliphatic heterocycles. The average Bonchev–Trinajstić information content (AvgIpc) is 2.89. The number of hydrogen-bond donors (Lipinski definition) is 1. The molecule has 1 unspecified atom stereocenters. The van der Waals surface area contributed by atoms with Crippen LogP contribution in [0.5, 0.6) is 11.5 Å². The van der Waals surface area contributed by atoms with Crippen LogP contribution in [-0.4, -0.2) is 25.9 Å². The Labute approximate surface area is 119 Å². The second kappa shape index (κ2) is 6.61. The van der Waals surface area contributed by atoms with Gasteiger partial charge in [0.15, 0.2) is 11.5 Å². The van der Waals surface area contributed by atoms with Crippen molar-refractivity contribution in [3.8, 4) is 11.5 Å². The molecule has 0 aliphatic carbocycles. The van der Waals surface area contributed by atoms with Gasteiger partial charge in [-0.2, -0.15) is 0 Å². The fourth-order valence-electron chi connectivity index (χ4n) is 2.17. The third-order valence-corrected chi connectivity index (χ3v) is 3.18. The van der Waals surface area contributed by atoms with Crippen LogP contribution < -0.4 is 14.8 Å². The molecule has 1 N–H and O–H groups in total. The summed E-state index contributed by atoms with van der Waals surface area (Å²) in [6.07, 6.45) is 0.747. The molecular weight excluding hydrogens is 258 g/mol. The lowest BCUT2D eigenvalue weighted by Crippen LogP contribution is -2.38. The number of nitrogens with one attached hydrogen (secondary N) is 1. The predicted molar refractivity (Wildman–Crippen MR) is 74.7 cm³/mol. The molecule has 5 heteroatoms. The number of hydrogen-bond acceptors (Lipinski definition) is 5. The quantitative estimate of drug-likeness (QED) is 0.808. The lowest BCUT2D eigenvalue weighted by atomic mass is 10.0. The standard InChI is InChI=1S/C15H21NO4/c1-10(2)6-12(15(17)18-3)16-8-11-4-5-13-14(7-11)20-9-19-13/h4-5,7,10,12,16H,6,8-9H2,1-3H3. The third kappa shape index (κ3) is 3.63. The van der Waals surface area contributed by atoms with Crippen LogP contribution in [0.2, 0.25) is 0 Å². The molecule has 110 valence electrons. The second-order valence-electron chi connectivity index (χ2n) is 5.27. The smallest absolute Gasteiger partial charge is 0.322 e. The summed E-state index contributed by atoms with van der Waals surface area (Å²) in [5.74, 6) is 1.71. The molecule has 0 bridgehead atoms. The molecule has 1 aromatic rings. The average molecular weight is 279 g/mol. The Morgan fingerprint density at radius 1 is 1.35 bits per heavy atom. The minimum Gasteiger partial charge on any atom is -0.468 e. The zero-order valence-electron chi connectivity index (χ0n) is 12.1. The Morgan fingerprint density at radius 2 is 2.10 bits per heavy atom. The van der Waals surface area contributed by atoms with Gasteiger partial charge in [-0.25, -0.2) is 0 Å². The van der Waals surface area contributed by atoms with Crippen LogP contribution in [-0.2, 0) is 16.1 Å². The first kappa shape index (κ1) is 14.7. The molecule has 0 spiro atoms. The Morgan fingerprint density at radius 3 is 2.80 bits per heavy atom. The van der Waals surface area contributed by atoms with Gasteiger partial charge in [-0.15, -0.1) is 0 Å². The second-order valence-corrected chi connectivity index (χ2v) is 5.27. The van der Waals surface area contributed by atoms with Gasteiger partial charge in [0, 0.05) is 6.54 Å². The van der Waals surface area contributed by atoms with E-state index in [1.54, 1.807) is 0 Å². The van der Waals surface area contributed by atoms with Crippen molar-refractivity contribution in [2.75, 3.05) is 13.9 Å². The highest BCUT2D eigenvalue weighted by Crippen LogP contribution is 2.32. The van der Waals surface area contributed by atoms with Crippen molar-refractivity contribution < 1.29 is 19.0 Å². The van der Waals surface area contributed by atoms with E-state index in [1.165, 1.54) is 7.11 Å². The van der Waals surface area contributed by atoms with Gasteiger partial charge in [0.25, 0.3) is 0 Å². The van der Waals surface area contributed by atoms with E-state index in [-0.39, 0.29) is 18.8 Å². The van der Waals surface area contributed by atoms with Gasteiger partial charge < -0.3 is 19.5 Å². The molecule has 20 heavy (non-hydrogen) atoms. The minimum atomic E-state index is -0.287. The molecule has 1 aliphatic rings. The van der Waals surface area contributed by atoms with Crippen LogP contribution >= 0.6 is 0 Å². The number of benzene rings is 1. The van der Waals surface area contributed by atoms with E-state index in [2.05, 4.69) is 19.2 Å². The fraction of sp³-hybridized carbons (Fsp3) is 0.533. The summed E-state index contributed by atoms with van der Waals surface area (Å²) in [4.78, 5) is 11.7. The number of fused-ring (bicyclic) bond motifs is 1. The molecule has 0 fully saturated rings.